The topological polar surface area (TPSA) is 31.1 Å². The van der Waals surface area contributed by atoms with Gasteiger partial charge >= 0.3 is 0 Å². The Bertz CT molecular complexity index is 560. The maximum Gasteiger partial charge on any atom is 0.0456 e. The molecule has 1 atom stereocenters. The van der Waals surface area contributed by atoms with Crippen LogP contribution in [-0.2, 0) is 6.42 Å². The summed E-state index contributed by atoms with van der Waals surface area (Å²) in [6.07, 6.45) is 5.81. The number of hydrogen-bond acceptors (Lipinski definition) is 2. The van der Waals surface area contributed by atoms with Crippen molar-refractivity contribution in [3.8, 4) is 0 Å². The van der Waals surface area contributed by atoms with Crippen LogP contribution in [0.3, 0.4) is 0 Å². The van der Waals surface area contributed by atoms with E-state index in [4.69, 9.17) is 0 Å². The number of rotatable bonds is 3. The van der Waals surface area contributed by atoms with E-state index < -0.39 is 0 Å². The Morgan fingerprint density at radius 3 is 3.00 bits per heavy atom. The number of nitrogens with zero attached hydrogens (tertiary/aromatic N) is 1. The van der Waals surface area contributed by atoms with Crippen molar-refractivity contribution in [2.24, 2.45) is 0 Å². The largest absolute Gasteiger partial charge is 0.361 e. The number of nitrogens with one attached hydrogen (secondary N) is 2. The Labute approximate surface area is 115 Å². The van der Waals surface area contributed by atoms with Crippen LogP contribution in [0.25, 0.3) is 10.9 Å². The predicted octanol–water partition coefficient (Wildman–Crippen LogP) is 2.39. The lowest BCUT2D eigenvalue weighted by atomic mass is 9.83. The molecule has 2 N–H and O–H groups in total. The highest BCUT2D eigenvalue weighted by atomic mass is 15.2. The molecule has 0 spiro atoms. The van der Waals surface area contributed by atoms with Gasteiger partial charge in [-0.3, -0.25) is 0 Å². The molecule has 1 aliphatic rings. The van der Waals surface area contributed by atoms with Crippen LogP contribution in [-0.4, -0.2) is 42.6 Å². The van der Waals surface area contributed by atoms with Crippen molar-refractivity contribution in [1.82, 2.24) is 15.2 Å². The van der Waals surface area contributed by atoms with Gasteiger partial charge in [-0.05, 0) is 51.5 Å². The van der Waals surface area contributed by atoms with E-state index in [1.54, 1.807) is 0 Å². The first-order valence-electron chi connectivity index (χ1n) is 7.15. The van der Waals surface area contributed by atoms with Gasteiger partial charge in [0.1, 0.15) is 0 Å². The molecular formula is C16H23N3. The second kappa shape index (κ2) is 4.99. The minimum absolute atomic E-state index is 0.220. The summed E-state index contributed by atoms with van der Waals surface area (Å²) in [4.78, 5) is 5.83. The van der Waals surface area contributed by atoms with Crippen molar-refractivity contribution in [2.75, 3.05) is 27.2 Å². The van der Waals surface area contributed by atoms with E-state index in [0.717, 1.165) is 13.0 Å². The number of fused-ring (bicyclic) bond motifs is 1. The number of benzene rings is 1. The van der Waals surface area contributed by atoms with E-state index >= 15 is 0 Å². The summed E-state index contributed by atoms with van der Waals surface area (Å²) in [5.41, 5.74) is 2.89. The molecule has 2 heterocycles. The lowest BCUT2D eigenvalue weighted by Gasteiger charge is -2.41. The Morgan fingerprint density at radius 1 is 1.37 bits per heavy atom. The quantitative estimate of drug-likeness (QED) is 0.884. The normalized spacial score (nSPS) is 24.9. The summed E-state index contributed by atoms with van der Waals surface area (Å²) in [6, 6.07) is 8.58. The van der Waals surface area contributed by atoms with Crippen LogP contribution in [0, 0.1) is 0 Å². The van der Waals surface area contributed by atoms with E-state index in [9.17, 15) is 0 Å². The third-order valence-corrected chi connectivity index (χ3v) is 4.50. The molecule has 3 nitrogen and oxygen atoms in total. The van der Waals surface area contributed by atoms with E-state index in [2.05, 4.69) is 59.8 Å². The van der Waals surface area contributed by atoms with Gasteiger partial charge in [-0.1, -0.05) is 18.2 Å². The molecular weight excluding hydrogens is 234 g/mol. The number of aromatic nitrogens is 1. The maximum absolute atomic E-state index is 3.60. The van der Waals surface area contributed by atoms with Crippen molar-refractivity contribution in [3.05, 3.63) is 36.0 Å². The molecule has 3 rings (SSSR count). The van der Waals surface area contributed by atoms with Crippen molar-refractivity contribution in [2.45, 2.75) is 24.8 Å². The minimum atomic E-state index is 0.220. The summed E-state index contributed by atoms with van der Waals surface area (Å²) < 4.78 is 0. The summed E-state index contributed by atoms with van der Waals surface area (Å²) in [7, 11) is 4.33. The Kier molecular flexibility index (Phi) is 3.33. The molecule has 0 amide bonds. The lowest BCUT2D eigenvalue weighted by Crippen LogP contribution is -2.56. The van der Waals surface area contributed by atoms with E-state index in [0.29, 0.717) is 0 Å². The summed E-state index contributed by atoms with van der Waals surface area (Å²) in [6.45, 7) is 2.35. The first-order chi connectivity index (χ1) is 9.22. The van der Waals surface area contributed by atoms with Crippen LogP contribution in [0.2, 0.25) is 0 Å². The molecule has 1 saturated heterocycles. The molecule has 1 aromatic carbocycles. The Hall–Kier alpha value is -1.32. The van der Waals surface area contributed by atoms with Crippen molar-refractivity contribution < 1.29 is 0 Å². The second-order valence-corrected chi connectivity index (χ2v) is 5.91. The molecule has 3 heteroatoms. The highest BCUT2D eigenvalue weighted by Gasteiger charge is 2.33. The van der Waals surface area contributed by atoms with E-state index in [1.807, 2.05) is 0 Å². The Morgan fingerprint density at radius 2 is 2.21 bits per heavy atom. The SMILES string of the molecule is CNC1(Cc2c[nH]c3ccccc23)CCCN(C)C1. The van der Waals surface area contributed by atoms with Gasteiger partial charge in [0.25, 0.3) is 0 Å². The van der Waals surface area contributed by atoms with Gasteiger partial charge in [0, 0.05) is 29.2 Å². The predicted molar refractivity (Wildman–Crippen MR) is 80.5 cm³/mol. The molecule has 1 unspecified atom stereocenters. The average molecular weight is 257 g/mol. The summed E-state index contributed by atoms with van der Waals surface area (Å²) in [5, 5.41) is 4.96. The monoisotopic (exact) mass is 257 g/mol. The van der Waals surface area contributed by atoms with Crippen LogP contribution in [0.5, 0.6) is 0 Å². The molecule has 1 fully saturated rings. The number of piperidine rings is 1. The fourth-order valence-electron chi connectivity index (χ4n) is 3.44. The third-order valence-electron chi connectivity index (χ3n) is 4.50. The minimum Gasteiger partial charge on any atom is -0.361 e. The summed E-state index contributed by atoms with van der Waals surface area (Å²) in [5.74, 6) is 0. The molecule has 0 aliphatic carbocycles. The van der Waals surface area contributed by atoms with Gasteiger partial charge in [-0.2, -0.15) is 0 Å². The molecule has 0 saturated carbocycles. The van der Waals surface area contributed by atoms with E-state index in [1.165, 1.54) is 35.9 Å². The molecule has 2 aromatic rings. The highest BCUT2D eigenvalue weighted by molar-refractivity contribution is 5.83. The van der Waals surface area contributed by atoms with Gasteiger partial charge in [-0.15, -0.1) is 0 Å². The van der Waals surface area contributed by atoms with Crippen LogP contribution < -0.4 is 5.32 Å². The van der Waals surface area contributed by atoms with Crippen LogP contribution in [0.15, 0.2) is 30.5 Å². The maximum atomic E-state index is 3.60. The number of H-pyrrole nitrogens is 1. The number of hydrogen-bond donors (Lipinski definition) is 2. The van der Waals surface area contributed by atoms with Crippen LogP contribution in [0.1, 0.15) is 18.4 Å². The first-order valence-corrected chi connectivity index (χ1v) is 7.15. The van der Waals surface area contributed by atoms with Gasteiger partial charge < -0.3 is 15.2 Å². The molecule has 1 aromatic heterocycles. The zero-order valence-electron chi connectivity index (χ0n) is 11.9. The summed E-state index contributed by atoms with van der Waals surface area (Å²) >= 11 is 0. The fourth-order valence-corrected chi connectivity index (χ4v) is 3.44. The van der Waals surface area contributed by atoms with Gasteiger partial charge in [0.15, 0.2) is 0 Å². The first kappa shape index (κ1) is 12.7. The highest BCUT2D eigenvalue weighted by Crippen LogP contribution is 2.28. The Balaban J connectivity index is 1.90. The standard InChI is InChI=1S/C16H23N3/c1-17-16(8-5-9-19(2)12-16)10-13-11-18-15-7-4-3-6-14(13)15/h3-4,6-7,11,17-18H,5,8-10,12H2,1-2H3. The van der Waals surface area contributed by atoms with Gasteiger partial charge in [-0.25, -0.2) is 0 Å². The molecule has 1 aliphatic heterocycles. The molecule has 0 bridgehead atoms. The molecule has 102 valence electrons. The number of likely N-dealkylation sites (N-methyl/N-ethyl adjacent to an activating group) is 2. The van der Waals surface area contributed by atoms with Crippen molar-refractivity contribution in [1.29, 1.82) is 0 Å². The molecule has 0 radical (unpaired) electrons. The second-order valence-electron chi connectivity index (χ2n) is 5.91. The third kappa shape index (κ3) is 2.40. The van der Waals surface area contributed by atoms with Crippen molar-refractivity contribution >= 4 is 10.9 Å². The van der Waals surface area contributed by atoms with Crippen molar-refractivity contribution in [3.63, 3.8) is 0 Å². The zero-order chi connectivity index (χ0) is 13.3. The number of likely N-dealkylation sites (tertiary alicyclic amines) is 1. The lowest BCUT2D eigenvalue weighted by molar-refractivity contribution is 0.151. The van der Waals surface area contributed by atoms with Gasteiger partial charge in [0.05, 0.1) is 0 Å². The van der Waals surface area contributed by atoms with E-state index in [-0.39, 0.29) is 5.54 Å². The molecule has 19 heavy (non-hydrogen) atoms. The number of aromatic amines is 1. The number of para-hydroxylation sites is 1. The smallest absolute Gasteiger partial charge is 0.0456 e. The van der Waals surface area contributed by atoms with Crippen LogP contribution >= 0.6 is 0 Å². The van der Waals surface area contributed by atoms with Crippen LogP contribution in [0.4, 0.5) is 0 Å². The average Bonchev–Trinajstić information content (AvgIpc) is 2.82. The fraction of sp³-hybridized carbons (Fsp3) is 0.500. The van der Waals surface area contributed by atoms with Gasteiger partial charge in [0.2, 0.25) is 0 Å². The zero-order valence-corrected chi connectivity index (χ0v) is 11.9.